The summed E-state index contributed by atoms with van der Waals surface area (Å²) in [5.74, 6) is -7.76. The molecule has 4 rings (SSSR count). The number of allylic oxidation sites excluding steroid dienone is 4. The molecule has 322 valence electrons. The number of nitrogens with zero attached hydrogens (tertiary/aromatic N) is 1. The van der Waals surface area contributed by atoms with Crippen molar-refractivity contribution < 1.29 is 58.2 Å². The van der Waals surface area contributed by atoms with Gasteiger partial charge in [-0.3, -0.25) is 14.4 Å². The minimum Gasteiger partial charge on any atom is -0.456 e. The normalized spacial score (nSPS) is 41.0. The highest BCUT2D eigenvalue weighted by Crippen LogP contribution is 2.39. The van der Waals surface area contributed by atoms with Gasteiger partial charge in [0.15, 0.2) is 0 Å². The lowest BCUT2D eigenvalue weighted by molar-refractivity contribution is -0.302. The highest BCUT2D eigenvalue weighted by atomic mass is 16.7. The van der Waals surface area contributed by atoms with E-state index >= 15 is 0 Å². The molecule has 1 aliphatic carbocycles. The zero-order valence-electron chi connectivity index (χ0n) is 35.4. The zero-order valence-corrected chi connectivity index (χ0v) is 35.4. The third-order valence-electron chi connectivity index (χ3n) is 12.9. The van der Waals surface area contributed by atoms with Crippen molar-refractivity contribution in [3.8, 4) is 0 Å². The Kier molecular flexibility index (Phi) is 17.2. The average Bonchev–Trinajstić information content (AvgIpc) is 3.18. The Hall–Kier alpha value is -2.78. The van der Waals surface area contributed by atoms with Gasteiger partial charge in [0.05, 0.1) is 30.5 Å². The molecule has 0 aromatic heterocycles. The number of ether oxygens (including phenoxy) is 5. The fraction of sp³-hybridized carbons (Fsp3) is 0.773. The molecule has 1 amide bonds. The number of Topliss-reactive ketones (excluding diaryl/α,β-unsaturated/α-hetero) is 2. The Labute approximate surface area is 339 Å². The summed E-state index contributed by atoms with van der Waals surface area (Å²) in [6.07, 6.45) is 4.93. The lowest BCUT2D eigenvalue weighted by Crippen LogP contribution is -2.64. The van der Waals surface area contributed by atoms with Gasteiger partial charge < -0.3 is 43.9 Å². The molecule has 4 aliphatic rings. The topological polar surface area (TPSA) is 178 Å². The van der Waals surface area contributed by atoms with Crippen molar-refractivity contribution in [1.29, 1.82) is 0 Å². The van der Waals surface area contributed by atoms with Gasteiger partial charge in [-0.05, 0) is 95.5 Å². The fourth-order valence-electron chi connectivity index (χ4n) is 9.42. The molecule has 3 N–H and O–H groups in total. The van der Waals surface area contributed by atoms with E-state index in [0.29, 0.717) is 56.9 Å². The Bertz CT molecular complexity index is 1480. The molecular weight excluding hydrogens is 734 g/mol. The minimum absolute atomic E-state index is 0.00988. The van der Waals surface area contributed by atoms with Crippen LogP contribution in [0.4, 0.5) is 0 Å². The van der Waals surface area contributed by atoms with E-state index < -0.39 is 83.9 Å². The summed E-state index contributed by atoms with van der Waals surface area (Å²) in [4.78, 5) is 57.8. The van der Waals surface area contributed by atoms with Crippen LogP contribution in [0.5, 0.6) is 0 Å². The van der Waals surface area contributed by atoms with Crippen LogP contribution in [0.1, 0.15) is 105 Å². The summed E-state index contributed by atoms with van der Waals surface area (Å²) in [7, 11) is 4.61. The molecule has 0 radical (unpaired) electrons. The summed E-state index contributed by atoms with van der Waals surface area (Å²) in [6.45, 7) is 13.1. The molecule has 1 saturated carbocycles. The van der Waals surface area contributed by atoms with Crippen molar-refractivity contribution in [2.75, 3.05) is 27.9 Å². The number of cyclic esters (lactones) is 1. The molecule has 3 fully saturated rings. The second-order valence-electron chi connectivity index (χ2n) is 17.3. The predicted octanol–water partition coefficient (Wildman–Crippen LogP) is 4.64. The van der Waals surface area contributed by atoms with Gasteiger partial charge in [0.1, 0.15) is 24.0 Å². The number of rotatable bonds is 7. The van der Waals surface area contributed by atoms with Gasteiger partial charge in [0, 0.05) is 52.0 Å². The third-order valence-corrected chi connectivity index (χ3v) is 12.9. The maximum Gasteiger partial charge on any atom is 0.329 e. The number of fused-ring (bicyclic) bond motifs is 3. The quantitative estimate of drug-likeness (QED) is 0.185. The highest BCUT2D eigenvalue weighted by Gasteiger charge is 2.56. The number of aliphatic hydroxyl groups is 3. The molecule has 3 heterocycles. The zero-order chi connectivity index (χ0) is 42.2. The van der Waals surface area contributed by atoms with Crippen molar-refractivity contribution in [1.82, 2.24) is 4.90 Å². The molecule has 0 aromatic carbocycles. The number of piperidine rings is 1. The molecule has 7 unspecified atom stereocenters. The number of carbonyl (C=O) groups excluding carboxylic acids is 4. The first-order valence-corrected chi connectivity index (χ1v) is 20.9. The number of amides is 1. The molecule has 13 nitrogen and oxygen atoms in total. The molecule has 2 bridgehead atoms. The first-order chi connectivity index (χ1) is 27.0. The van der Waals surface area contributed by atoms with Gasteiger partial charge in [0.2, 0.25) is 5.79 Å². The van der Waals surface area contributed by atoms with Crippen molar-refractivity contribution in [3.63, 3.8) is 0 Å². The molecule has 0 aromatic rings. The third kappa shape index (κ3) is 11.3. The van der Waals surface area contributed by atoms with E-state index in [1.54, 1.807) is 27.0 Å². The predicted molar refractivity (Wildman–Crippen MR) is 213 cm³/mol. The number of methoxy groups -OCH3 is 3. The van der Waals surface area contributed by atoms with E-state index in [2.05, 4.69) is 6.58 Å². The Morgan fingerprint density at radius 2 is 1.60 bits per heavy atom. The Morgan fingerprint density at radius 3 is 2.25 bits per heavy atom. The van der Waals surface area contributed by atoms with Crippen LogP contribution in [0.3, 0.4) is 0 Å². The second kappa shape index (κ2) is 21.0. The summed E-state index contributed by atoms with van der Waals surface area (Å²) in [5.41, 5.74) is 1.61. The second-order valence-corrected chi connectivity index (χ2v) is 17.3. The lowest BCUT2D eigenvalue weighted by Gasteiger charge is -2.47. The lowest BCUT2D eigenvalue weighted by atomic mass is 9.81. The Morgan fingerprint density at radius 1 is 0.930 bits per heavy atom. The summed E-state index contributed by atoms with van der Waals surface area (Å²) in [6, 6.07) is -1.14. The maximum atomic E-state index is 14.3. The molecule has 57 heavy (non-hydrogen) atoms. The molecule has 14 atom stereocenters. The van der Waals surface area contributed by atoms with Crippen molar-refractivity contribution in [3.05, 3.63) is 36.0 Å². The standard InChI is InChI=1S/C44H69NO12/c1-10-13-31-19-25(2)18-26(3)20-37(54-8)40-38(55-9)22-28(5)44(52,57-40)41(49)42(50)45-17-12-11-14-32(45)43(51)56-39(29(6)34(47)24-35(31)48)27(4)21-30-15-16-33(46)36(23-30)53-7/h10,19,21,26,28-34,36-40,46-47,52H,1,11-18,20,22-24H2,2-9H3/b25-19+,27-21+/t26?,28-,29?,30+,31-,32+,33?,34?,36-,37?,38+,39?,40?,44-/m1/s1. The van der Waals surface area contributed by atoms with Crippen molar-refractivity contribution in [2.45, 2.75) is 160 Å². The minimum atomic E-state index is -2.51. The number of ketones is 2. The first-order valence-electron chi connectivity index (χ1n) is 20.9. The van der Waals surface area contributed by atoms with Crippen LogP contribution in [-0.2, 0) is 42.9 Å². The summed E-state index contributed by atoms with van der Waals surface area (Å²) in [5, 5.41) is 34.1. The first kappa shape index (κ1) is 46.9. The highest BCUT2D eigenvalue weighted by molar-refractivity contribution is 6.39. The summed E-state index contributed by atoms with van der Waals surface area (Å²) < 4.78 is 29.7. The van der Waals surface area contributed by atoms with Gasteiger partial charge in [-0.25, -0.2) is 4.79 Å². The van der Waals surface area contributed by atoms with E-state index in [4.69, 9.17) is 23.7 Å². The van der Waals surface area contributed by atoms with Crippen LogP contribution in [0, 0.1) is 29.6 Å². The maximum absolute atomic E-state index is 14.3. The van der Waals surface area contributed by atoms with Gasteiger partial charge >= 0.3 is 5.97 Å². The van der Waals surface area contributed by atoms with Gasteiger partial charge in [-0.15, -0.1) is 6.58 Å². The van der Waals surface area contributed by atoms with Crippen LogP contribution >= 0.6 is 0 Å². The van der Waals surface area contributed by atoms with Crippen LogP contribution in [0.25, 0.3) is 0 Å². The van der Waals surface area contributed by atoms with E-state index in [-0.39, 0.29) is 49.5 Å². The average molecular weight is 804 g/mol. The smallest absolute Gasteiger partial charge is 0.329 e. The Balaban J connectivity index is 1.78. The van der Waals surface area contributed by atoms with Gasteiger partial charge in [-0.2, -0.15) is 0 Å². The fourth-order valence-corrected chi connectivity index (χ4v) is 9.42. The van der Waals surface area contributed by atoms with Gasteiger partial charge in [-0.1, -0.05) is 44.6 Å². The number of hydrogen-bond donors (Lipinski definition) is 3. The monoisotopic (exact) mass is 803 g/mol. The molecule has 2 saturated heterocycles. The van der Waals surface area contributed by atoms with E-state index in [1.807, 2.05) is 32.9 Å². The van der Waals surface area contributed by atoms with Crippen molar-refractivity contribution >= 4 is 23.4 Å². The number of aliphatic hydroxyl groups excluding tert-OH is 2. The van der Waals surface area contributed by atoms with Crippen LogP contribution < -0.4 is 0 Å². The van der Waals surface area contributed by atoms with Crippen LogP contribution in [0.2, 0.25) is 0 Å². The SMILES string of the molecule is C=CC[C@@H]1/C=C(\C)CC(C)CC(OC)C2O[C@@](O)(C(=O)C(=O)N3CCCC[C@H]3C(=O)OC(/C(C)=C/[C@@H]3CCC(O)[C@H](OC)C3)C(C)C(O)CC1=O)[C@H](C)C[C@@H]2OC. The van der Waals surface area contributed by atoms with E-state index in [0.717, 1.165) is 5.57 Å². The van der Waals surface area contributed by atoms with Crippen molar-refractivity contribution in [2.24, 2.45) is 29.6 Å². The van der Waals surface area contributed by atoms with Crippen LogP contribution in [-0.4, -0.2) is 126 Å². The summed E-state index contributed by atoms with van der Waals surface area (Å²) >= 11 is 0. The van der Waals surface area contributed by atoms with Gasteiger partial charge in [0.25, 0.3) is 11.7 Å². The largest absolute Gasteiger partial charge is 0.456 e. The van der Waals surface area contributed by atoms with E-state index in [1.165, 1.54) is 19.1 Å². The van der Waals surface area contributed by atoms with Crippen LogP contribution in [0.15, 0.2) is 36.0 Å². The number of carbonyl (C=O) groups is 4. The molecule has 3 aliphatic heterocycles. The number of esters is 1. The number of hydrogen-bond acceptors (Lipinski definition) is 12. The van der Waals surface area contributed by atoms with E-state index in [9.17, 15) is 34.5 Å². The molecule has 0 spiro atoms. The molecule has 13 heteroatoms. The molecular formula is C44H69NO12.